The molecule has 116 valence electrons. The maximum absolute atomic E-state index is 12.0. The summed E-state index contributed by atoms with van der Waals surface area (Å²) in [7, 11) is 0. The molecule has 22 heavy (non-hydrogen) atoms. The van der Waals surface area contributed by atoms with Crippen molar-refractivity contribution in [3.63, 3.8) is 0 Å². The van der Waals surface area contributed by atoms with Crippen LogP contribution in [-0.2, 0) is 4.79 Å². The molecular weight excluding hydrogens is 322 g/mol. The first-order chi connectivity index (χ1) is 10.6. The average Bonchev–Trinajstić information content (AvgIpc) is 3.24. The van der Waals surface area contributed by atoms with Crippen LogP contribution in [0, 0.1) is 5.92 Å². The van der Waals surface area contributed by atoms with Gasteiger partial charge in [-0.3, -0.25) is 4.79 Å². The van der Waals surface area contributed by atoms with Crippen LogP contribution >= 0.6 is 23.4 Å². The normalized spacial score (nSPS) is 15.5. The van der Waals surface area contributed by atoms with E-state index in [0.29, 0.717) is 16.1 Å². The monoisotopic (exact) mass is 337 g/mol. The van der Waals surface area contributed by atoms with Crippen molar-refractivity contribution in [1.82, 2.24) is 25.5 Å². The number of tetrazole rings is 1. The molecule has 3 rings (SSSR count). The SMILES string of the molecule is C[C@H](NC(=O)CSc1nnnn1-c1cccc(Cl)c1)C1CC1. The van der Waals surface area contributed by atoms with E-state index in [4.69, 9.17) is 11.6 Å². The van der Waals surface area contributed by atoms with Gasteiger partial charge in [-0.25, -0.2) is 0 Å². The second-order valence-corrected chi connectivity index (χ2v) is 6.71. The maximum atomic E-state index is 12.0. The van der Waals surface area contributed by atoms with Gasteiger partial charge in [0, 0.05) is 11.1 Å². The summed E-state index contributed by atoms with van der Waals surface area (Å²) in [4.78, 5) is 12.0. The molecule has 1 fully saturated rings. The number of amides is 1. The first kappa shape index (κ1) is 15.3. The molecule has 1 aromatic carbocycles. The smallest absolute Gasteiger partial charge is 0.230 e. The second kappa shape index (κ2) is 6.66. The van der Waals surface area contributed by atoms with Crippen LogP contribution in [0.3, 0.4) is 0 Å². The molecule has 1 saturated carbocycles. The third-order valence-corrected chi connectivity index (χ3v) is 4.70. The van der Waals surface area contributed by atoms with Gasteiger partial charge in [-0.05, 0) is 54.3 Å². The molecule has 8 heteroatoms. The highest BCUT2D eigenvalue weighted by molar-refractivity contribution is 7.99. The van der Waals surface area contributed by atoms with Gasteiger partial charge in [-0.2, -0.15) is 4.68 Å². The molecule has 1 aliphatic carbocycles. The average molecular weight is 338 g/mol. The fourth-order valence-electron chi connectivity index (χ4n) is 2.18. The lowest BCUT2D eigenvalue weighted by Crippen LogP contribution is -2.35. The first-order valence-electron chi connectivity index (χ1n) is 7.10. The number of nitrogens with zero attached hydrogens (tertiary/aromatic N) is 4. The number of carbonyl (C=O) groups excluding carboxylic acids is 1. The van der Waals surface area contributed by atoms with Crippen molar-refractivity contribution < 1.29 is 4.79 Å². The highest BCUT2D eigenvalue weighted by Crippen LogP contribution is 2.32. The zero-order chi connectivity index (χ0) is 15.5. The van der Waals surface area contributed by atoms with E-state index in [2.05, 4.69) is 27.8 Å². The number of benzene rings is 1. The van der Waals surface area contributed by atoms with Crippen molar-refractivity contribution in [3.05, 3.63) is 29.3 Å². The van der Waals surface area contributed by atoms with E-state index < -0.39 is 0 Å². The van der Waals surface area contributed by atoms with Crippen LogP contribution in [0.5, 0.6) is 0 Å². The van der Waals surface area contributed by atoms with Crippen molar-refractivity contribution in [1.29, 1.82) is 0 Å². The van der Waals surface area contributed by atoms with Crippen molar-refractivity contribution in [2.45, 2.75) is 31.0 Å². The molecule has 0 bridgehead atoms. The summed E-state index contributed by atoms with van der Waals surface area (Å²) < 4.78 is 1.58. The Morgan fingerprint density at radius 1 is 1.55 bits per heavy atom. The number of carbonyl (C=O) groups is 1. The van der Waals surface area contributed by atoms with E-state index in [1.165, 1.54) is 24.6 Å². The van der Waals surface area contributed by atoms with E-state index in [-0.39, 0.29) is 17.7 Å². The van der Waals surface area contributed by atoms with Gasteiger partial charge in [0.25, 0.3) is 0 Å². The quantitative estimate of drug-likeness (QED) is 0.819. The molecule has 1 N–H and O–H groups in total. The summed E-state index contributed by atoms with van der Waals surface area (Å²) in [6.07, 6.45) is 2.42. The van der Waals surface area contributed by atoms with E-state index in [0.717, 1.165) is 5.69 Å². The number of hydrogen-bond donors (Lipinski definition) is 1. The lowest BCUT2D eigenvalue weighted by molar-refractivity contribution is -0.119. The minimum Gasteiger partial charge on any atom is -0.353 e. The Labute approximate surface area is 137 Å². The topological polar surface area (TPSA) is 72.7 Å². The Bertz CT molecular complexity index is 673. The Balaban J connectivity index is 1.61. The summed E-state index contributed by atoms with van der Waals surface area (Å²) >= 11 is 7.29. The number of aromatic nitrogens is 4. The first-order valence-corrected chi connectivity index (χ1v) is 8.46. The van der Waals surface area contributed by atoms with Gasteiger partial charge in [-0.1, -0.05) is 29.4 Å². The molecule has 6 nitrogen and oxygen atoms in total. The zero-order valence-corrected chi connectivity index (χ0v) is 13.6. The Hall–Kier alpha value is -1.60. The molecule has 0 saturated heterocycles. The predicted molar refractivity (Wildman–Crippen MR) is 85.2 cm³/mol. The molecule has 1 amide bonds. The number of thioether (sulfide) groups is 1. The molecule has 0 radical (unpaired) electrons. The molecule has 1 heterocycles. The lowest BCUT2D eigenvalue weighted by atomic mass is 10.2. The van der Waals surface area contributed by atoms with Crippen molar-refractivity contribution in [2.75, 3.05) is 5.75 Å². The summed E-state index contributed by atoms with van der Waals surface area (Å²) in [6, 6.07) is 7.50. The van der Waals surface area contributed by atoms with Gasteiger partial charge < -0.3 is 5.32 Å². The van der Waals surface area contributed by atoms with Crippen LogP contribution in [0.15, 0.2) is 29.4 Å². The van der Waals surface area contributed by atoms with Crippen LogP contribution in [-0.4, -0.2) is 37.9 Å². The third-order valence-electron chi connectivity index (χ3n) is 3.54. The Morgan fingerprint density at radius 3 is 3.09 bits per heavy atom. The Morgan fingerprint density at radius 2 is 2.36 bits per heavy atom. The van der Waals surface area contributed by atoms with E-state index in [9.17, 15) is 4.79 Å². The highest BCUT2D eigenvalue weighted by Gasteiger charge is 2.28. The van der Waals surface area contributed by atoms with Crippen molar-refractivity contribution >= 4 is 29.3 Å². The number of hydrogen-bond acceptors (Lipinski definition) is 5. The molecule has 1 atom stereocenters. The van der Waals surface area contributed by atoms with Crippen LogP contribution in [0.25, 0.3) is 5.69 Å². The van der Waals surface area contributed by atoms with E-state index >= 15 is 0 Å². The van der Waals surface area contributed by atoms with Gasteiger partial charge >= 0.3 is 0 Å². The molecule has 1 aromatic heterocycles. The van der Waals surface area contributed by atoms with Gasteiger partial charge in [0.2, 0.25) is 11.1 Å². The summed E-state index contributed by atoms with van der Waals surface area (Å²) in [5.74, 6) is 0.939. The lowest BCUT2D eigenvalue weighted by Gasteiger charge is -2.12. The fraction of sp³-hybridized carbons (Fsp3) is 0.429. The molecule has 1 aliphatic rings. The largest absolute Gasteiger partial charge is 0.353 e. The number of nitrogens with one attached hydrogen (secondary N) is 1. The minimum absolute atomic E-state index is 0.00467. The van der Waals surface area contributed by atoms with Crippen molar-refractivity contribution in [3.8, 4) is 5.69 Å². The van der Waals surface area contributed by atoms with E-state index in [1.807, 2.05) is 12.1 Å². The highest BCUT2D eigenvalue weighted by atomic mass is 35.5. The van der Waals surface area contributed by atoms with Crippen molar-refractivity contribution in [2.24, 2.45) is 5.92 Å². The number of halogens is 1. The van der Waals surface area contributed by atoms with E-state index in [1.54, 1.807) is 16.8 Å². The molecule has 0 aliphatic heterocycles. The summed E-state index contributed by atoms with van der Waals surface area (Å²) in [6.45, 7) is 2.05. The minimum atomic E-state index is 0.00467. The predicted octanol–water partition coefficient (Wildman–Crippen LogP) is 2.32. The summed E-state index contributed by atoms with van der Waals surface area (Å²) in [5.41, 5.74) is 0.770. The van der Waals surface area contributed by atoms with Crippen LogP contribution in [0.4, 0.5) is 0 Å². The van der Waals surface area contributed by atoms with Crippen LogP contribution in [0.1, 0.15) is 19.8 Å². The summed E-state index contributed by atoms with van der Waals surface area (Å²) in [5, 5.41) is 15.8. The fourth-order valence-corrected chi connectivity index (χ4v) is 3.07. The standard InChI is InChI=1S/C14H16ClN5OS/c1-9(10-5-6-10)16-13(21)8-22-14-17-18-19-20(14)12-4-2-3-11(15)7-12/h2-4,7,9-10H,5-6,8H2,1H3,(H,16,21)/t9-/m0/s1. The number of rotatable bonds is 6. The van der Waals surface area contributed by atoms with Crippen LogP contribution < -0.4 is 5.32 Å². The molecule has 0 spiro atoms. The molecular formula is C14H16ClN5OS. The second-order valence-electron chi connectivity index (χ2n) is 5.34. The third kappa shape index (κ3) is 3.78. The zero-order valence-electron chi connectivity index (χ0n) is 12.1. The van der Waals surface area contributed by atoms with Crippen LogP contribution in [0.2, 0.25) is 5.02 Å². The molecule has 0 unspecified atom stereocenters. The van der Waals surface area contributed by atoms with Gasteiger partial charge in [0.05, 0.1) is 11.4 Å². The Kier molecular flexibility index (Phi) is 4.63. The van der Waals surface area contributed by atoms with Gasteiger partial charge in [0.15, 0.2) is 0 Å². The maximum Gasteiger partial charge on any atom is 0.230 e. The molecule has 2 aromatic rings. The van der Waals surface area contributed by atoms with Gasteiger partial charge in [0.1, 0.15) is 0 Å². The van der Waals surface area contributed by atoms with Gasteiger partial charge in [-0.15, -0.1) is 5.10 Å².